The maximum atomic E-state index is 13.7. The summed E-state index contributed by atoms with van der Waals surface area (Å²) >= 11 is 0. The molecule has 0 saturated carbocycles. The van der Waals surface area contributed by atoms with Gasteiger partial charge in [-0.2, -0.15) is 0 Å². The number of benzene rings is 2. The van der Waals surface area contributed by atoms with E-state index in [9.17, 15) is 19.1 Å². The minimum absolute atomic E-state index is 0.0190. The molecular formula is C15H11FN2O3. The Morgan fingerprint density at radius 3 is 2.67 bits per heavy atom. The van der Waals surface area contributed by atoms with E-state index in [2.05, 4.69) is 4.98 Å². The summed E-state index contributed by atoms with van der Waals surface area (Å²) in [4.78, 5) is 26.1. The number of halogens is 1. The third kappa shape index (κ3) is 1.92. The Hall–Kier alpha value is -2.89. The minimum atomic E-state index is -1.15. The van der Waals surface area contributed by atoms with Crippen molar-refractivity contribution in [2.45, 2.75) is 6.92 Å². The summed E-state index contributed by atoms with van der Waals surface area (Å²) in [5, 5.41) is 9.28. The van der Waals surface area contributed by atoms with E-state index in [1.807, 2.05) is 0 Å². The highest BCUT2D eigenvalue weighted by Crippen LogP contribution is 2.23. The van der Waals surface area contributed by atoms with Crippen molar-refractivity contribution >= 4 is 17.0 Å². The maximum absolute atomic E-state index is 13.7. The number of fused-ring (bicyclic) bond motifs is 1. The van der Waals surface area contributed by atoms with Gasteiger partial charge in [0.15, 0.2) is 0 Å². The fraction of sp³-hybridized carbons (Fsp3) is 0.0667. The van der Waals surface area contributed by atoms with Gasteiger partial charge < -0.3 is 10.1 Å². The highest BCUT2D eigenvalue weighted by atomic mass is 19.1. The van der Waals surface area contributed by atoms with E-state index in [1.54, 1.807) is 25.1 Å². The van der Waals surface area contributed by atoms with Gasteiger partial charge in [-0.15, -0.1) is 0 Å². The molecule has 3 rings (SSSR count). The van der Waals surface area contributed by atoms with Gasteiger partial charge in [0.05, 0.1) is 22.3 Å². The lowest BCUT2D eigenvalue weighted by Crippen LogP contribution is -2.17. The van der Waals surface area contributed by atoms with Crippen molar-refractivity contribution < 1.29 is 14.3 Å². The van der Waals surface area contributed by atoms with Gasteiger partial charge >= 0.3 is 11.7 Å². The first-order valence-electron chi connectivity index (χ1n) is 6.23. The van der Waals surface area contributed by atoms with Crippen LogP contribution in [0.3, 0.4) is 0 Å². The van der Waals surface area contributed by atoms with E-state index in [4.69, 9.17) is 0 Å². The van der Waals surface area contributed by atoms with Crippen LogP contribution in [-0.4, -0.2) is 20.6 Å². The molecule has 1 heterocycles. The lowest BCUT2D eigenvalue weighted by Gasteiger charge is -2.09. The topological polar surface area (TPSA) is 75.1 Å². The van der Waals surface area contributed by atoms with Crippen LogP contribution in [0.25, 0.3) is 16.7 Å². The molecule has 3 aromatic rings. The number of aromatic carboxylic acids is 1. The van der Waals surface area contributed by atoms with E-state index in [1.165, 1.54) is 22.8 Å². The average molecular weight is 286 g/mol. The first-order chi connectivity index (χ1) is 10.0. The summed E-state index contributed by atoms with van der Waals surface area (Å²) in [5.74, 6) is -1.61. The van der Waals surface area contributed by atoms with Gasteiger partial charge in [0.2, 0.25) is 0 Å². The zero-order valence-electron chi connectivity index (χ0n) is 11.1. The molecule has 0 bridgehead atoms. The predicted octanol–water partition coefficient (Wildman–Crippen LogP) is 2.46. The molecule has 0 unspecified atom stereocenters. The van der Waals surface area contributed by atoms with Crippen molar-refractivity contribution in [2.24, 2.45) is 0 Å². The highest BCUT2D eigenvalue weighted by Gasteiger charge is 2.18. The number of carbonyl (C=O) groups is 1. The van der Waals surface area contributed by atoms with Gasteiger partial charge in [-0.25, -0.2) is 14.0 Å². The molecule has 5 nitrogen and oxygen atoms in total. The third-order valence-corrected chi connectivity index (χ3v) is 3.41. The molecule has 0 saturated heterocycles. The number of nitrogens with one attached hydrogen (secondary N) is 1. The largest absolute Gasteiger partial charge is 0.478 e. The molecular weight excluding hydrogens is 275 g/mol. The summed E-state index contributed by atoms with van der Waals surface area (Å²) in [7, 11) is 0. The Bertz CT molecular complexity index is 924. The van der Waals surface area contributed by atoms with Gasteiger partial charge in [0.1, 0.15) is 5.82 Å². The third-order valence-electron chi connectivity index (χ3n) is 3.41. The molecule has 2 N–H and O–H groups in total. The monoisotopic (exact) mass is 286 g/mol. The smallest absolute Gasteiger partial charge is 0.337 e. The van der Waals surface area contributed by atoms with E-state index in [-0.39, 0.29) is 16.6 Å². The second kappa shape index (κ2) is 4.59. The van der Waals surface area contributed by atoms with Crippen LogP contribution < -0.4 is 5.69 Å². The molecule has 0 spiro atoms. The molecule has 0 aliphatic rings. The number of nitrogens with zero attached hydrogens (tertiary/aromatic N) is 1. The quantitative estimate of drug-likeness (QED) is 0.760. The van der Waals surface area contributed by atoms with Gasteiger partial charge in [-0.3, -0.25) is 4.57 Å². The van der Waals surface area contributed by atoms with Crippen molar-refractivity contribution in [3.63, 3.8) is 0 Å². The second-order valence-corrected chi connectivity index (χ2v) is 4.66. The Morgan fingerprint density at radius 2 is 1.95 bits per heavy atom. The van der Waals surface area contributed by atoms with Crippen LogP contribution in [-0.2, 0) is 0 Å². The summed E-state index contributed by atoms with van der Waals surface area (Å²) in [6, 6.07) is 8.90. The van der Waals surface area contributed by atoms with Gasteiger partial charge in [0.25, 0.3) is 0 Å². The molecule has 21 heavy (non-hydrogen) atoms. The van der Waals surface area contributed by atoms with Crippen LogP contribution in [0.2, 0.25) is 0 Å². The number of imidazole rings is 1. The molecule has 0 amide bonds. The van der Waals surface area contributed by atoms with E-state index in [0.717, 1.165) is 0 Å². The predicted molar refractivity (Wildman–Crippen MR) is 75.6 cm³/mol. The second-order valence-electron chi connectivity index (χ2n) is 4.66. The molecule has 106 valence electrons. The molecule has 0 fully saturated rings. The minimum Gasteiger partial charge on any atom is -0.478 e. The lowest BCUT2D eigenvalue weighted by molar-refractivity contribution is 0.0698. The number of aromatic nitrogens is 2. The number of hydrogen-bond donors (Lipinski definition) is 2. The molecule has 0 atom stereocenters. The molecule has 2 aromatic carbocycles. The van der Waals surface area contributed by atoms with Crippen LogP contribution in [0, 0.1) is 12.7 Å². The number of carboxylic acids is 1. The number of H-pyrrole nitrogens is 1. The van der Waals surface area contributed by atoms with E-state index < -0.39 is 17.5 Å². The van der Waals surface area contributed by atoms with Gasteiger partial charge in [-0.05, 0) is 31.2 Å². The Labute approximate surface area is 118 Å². The fourth-order valence-electron chi connectivity index (χ4n) is 2.40. The van der Waals surface area contributed by atoms with Crippen molar-refractivity contribution in [2.75, 3.05) is 0 Å². The van der Waals surface area contributed by atoms with Gasteiger partial charge in [-0.1, -0.05) is 12.1 Å². The van der Waals surface area contributed by atoms with Crippen LogP contribution >= 0.6 is 0 Å². The number of rotatable bonds is 2. The average Bonchev–Trinajstić information content (AvgIpc) is 2.77. The highest BCUT2D eigenvalue weighted by molar-refractivity contribution is 6.01. The lowest BCUT2D eigenvalue weighted by atomic mass is 10.1. The fourth-order valence-corrected chi connectivity index (χ4v) is 2.40. The number of carboxylic acid groups (broad SMARTS) is 1. The van der Waals surface area contributed by atoms with Crippen LogP contribution in [0.5, 0.6) is 0 Å². The first kappa shape index (κ1) is 13.1. The first-order valence-corrected chi connectivity index (χ1v) is 6.23. The van der Waals surface area contributed by atoms with Crippen molar-refractivity contribution in [1.29, 1.82) is 0 Å². The number of hydrogen-bond acceptors (Lipinski definition) is 2. The summed E-state index contributed by atoms with van der Waals surface area (Å²) in [6.07, 6.45) is 0. The van der Waals surface area contributed by atoms with E-state index in [0.29, 0.717) is 11.2 Å². The summed E-state index contributed by atoms with van der Waals surface area (Å²) < 4.78 is 14.9. The van der Waals surface area contributed by atoms with Gasteiger partial charge in [0, 0.05) is 5.56 Å². The summed E-state index contributed by atoms with van der Waals surface area (Å²) in [5.41, 5.74) is 0.690. The zero-order chi connectivity index (χ0) is 15.1. The van der Waals surface area contributed by atoms with Crippen molar-refractivity contribution in [3.05, 3.63) is 63.8 Å². The Balaban J connectivity index is 2.48. The number of aromatic amines is 1. The standard InChI is InChI=1S/C15H11FN2O3/c1-8-10(16)5-3-7-12(8)18-13-9(14(19)20)4-2-6-11(13)17-15(18)21/h2-7H,1H3,(H,17,21)(H,19,20). The van der Waals surface area contributed by atoms with Crippen LogP contribution in [0.4, 0.5) is 4.39 Å². The van der Waals surface area contributed by atoms with Crippen LogP contribution in [0.1, 0.15) is 15.9 Å². The molecule has 6 heteroatoms. The van der Waals surface area contributed by atoms with Crippen molar-refractivity contribution in [1.82, 2.24) is 9.55 Å². The molecule has 1 aromatic heterocycles. The molecule has 0 aliphatic heterocycles. The summed E-state index contributed by atoms with van der Waals surface area (Å²) in [6.45, 7) is 1.54. The SMILES string of the molecule is Cc1c(F)cccc1-n1c(=O)[nH]c2cccc(C(=O)O)c21. The normalized spacial score (nSPS) is 11.0. The van der Waals surface area contributed by atoms with E-state index >= 15 is 0 Å². The Morgan fingerprint density at radius 1 is 1.24 bits per heavy atom. The van der Waals surface area contributed by atoms with Crippen LogP contribution in [0.15, 0.2) is 41.2 Å². The Kier molecular flexibility index (Phi) is 2.86. The number of para-hydroxylation sites is 1. The maximum Gasteiger partial charge on any atom is 0.337 e. The molecule has 0 aliphatic carbocycles. The van der Waals surface area contributed by atoms with Crippen molar-refractivity contribution in [3.8, 4) is 5.69 Å². The molecule has 0 radical (unpaired) electrons. The zero-order valence-corrected chi connectivity index (χ0v) is 11.1.